The van der Waals surface area contributed by atoms with E-state index in [4.69, 9.17) is 0 Å². The number of urea groups is 1. The molecule has 0 radical (unpaired) electrons. The molecule has 2 rings (SSSR count). The molecule has 1 heterocycles. The molecule has 3 N–H and O–H groups in total. The summed E-state index contributed by atoms with van der Waals surface area (Å²) in [4.78, 5) is 23.4. The Morgan fingerprint density at radius 1 is 1.16 bits per heavy atom. The Balaban J connectivity index is 1.83. The van der Waals surface area contributed by atoms with Crippen molar-refractivity contribution in [1.29, 1.82) is 0 Å². The number of amides is 3. The zero-order chi connectivity index (χ0) is 13.7. The lowest BCUT2D eigenvalue weighted by molar-refractivity contribution is -0.124. The van der Waals surface area contributed by atoms with Crippen molar-refractivity contribution in [2.24, 2.45) is 5.92 Å². The highest BCUT2D eigenvalue weighted by atomic mass is 19.1. The maximum atomic E-state index is 12.7. The van der Waals surface area contributed by atoms with E-state index in [0.29, 0.717) is 5.69 Å². The molecule has 0 aromatic heterocycles. The van der Waals surface area contributed by atoms with E-state index in [2.05, 4.69) is 16.0 Å². The molecule has 0 unspecified atom stereocenters. The maximum absolute atomic E-state index is 12.7. The van der Waals surface area contributed by atoms with Crippen LogP contribution < -0.4 is 16.0 Å². The summed E-state index contributed by atoms with van der Waals surface area (Å²) in [5, 5.41) is 7.94. The molecule has 1 aliphatic rings. The number of nitrogens with one attached hydrogen (secondary N) is 3. The van der Waals surface area contributed by atoms with Gasteiger partial charge in [0.1, 0.15) is 5.82 Å². The van der Waals surface area contributed by atoms with Gasteiger partial charge < -0.3 is 10.6 Å². The predicted molar refractivity (Wildman–Crippen MR) is 69.2 cm³/mol. The molecule has 0 saturated carbocycles. The van der Waals surface area contributed by atoms with Crippen LogP contribution in [0.4, 0.5) is 14.9 Å². The number of rotatable bonds is 2. The minimum absolute atomic E-state index is 0.125. The largest absolute Gasteiger partial charge is 0.325 e. The lowest BCUT2D eigenvalue weighted by Crippen LogP contribution is -2.42. The molecule has 1 aromatic carbocycles. The molecular formula is C13H16FN3O2. The van der Waals surface area contributed by atoms with Crippen molar-refractivity contribution in [1.82, 2.24) is 10.6 Å². The highest BCUT2D eigenvalue weighted by molar-refractivity contribution is 6.01. The zero-order valence-electron chi connectivity index (χ0n) is 10.4. The Kier molecular flexibility index (Phi) is 4.46. The van der Waals surface area contributed by atoms with Gasteiger partial charge in [-0.25, -0.2) is 9.18 Å². The normalized spacial score (nSPS) is 15.8. The standard InChI is InChI=1S/C13H16FN3O2/c14-10-1-3-11(4-2-10)16-13(19)17-12(18)9-5-7-15-8-6-9/h1-4,9,15H,5-8H2,(H2,16,17,18,19). The molecule has 102 valence electrons. The van der Waals surface area contributed by atoms with Gasteiger partial charge in [0.15, 0.2) is 0 Å². The van der Waals surface area contributed by atoms with E-state index < -0.39 is 6.03 Å². The van der Waals surface area contributed by atoms with E-state index in [1.807, 2.05) is 0 Å². The van der Waals surface area contributed by atoms with Gasteiger partial charge >= 0.3 is 6.03 Å². The Morgan fingerprint density at radius 3 is 2.42 bits per heavy atom. The van der Waals surface area contributed by atoms with Crippen molar-refractivity contribution in [3.63, 3.8) is 0 Å². The third-order valence-corrected chi connectivity index (χ3v) is 3.05. The lowest BCUT2D eigenvalue weighted by Gasteiger charge is -2.21. The monoisotopic (exact) mass is 265 g/mol. The van der Waals surface area contributed by atoms with Crippen molar-refractivity contribution in [3.05, 3.63) is 30.1 Å². The summed E-state index contributed by atoms with van der Waals surface area (Å²) in [6.45, 7) is 1.58. The molecule has 1 aromatic rings. The van der Waals surface area contributed by atoms with Crippen LogP contribution in [-0.2, 0) is 4.79 Å². The number of imide groups is 1. The third-order valence-electron chi connectivity index (χ3n) is 3.05. The number of halogens is 1. The molecule has 19 heavy (non-hydrogen) atoms. The fourth-order valence-corrected chi connectivity index (χ4v) is 1.99. The summed E-state index contributed by atoms with van der Waals surface area (Å²) >= 11 is 0. The molecule has 0 spiro atoms. The minimum Gasteiger partial charge on any atom is -0.317 e. The minimum atomic E-state index is -0.588. The first-order valence-corrected chi connectivity index (χ1v) is 6.23. The number of benzene rings is 1. The number of carbonyl (C=O) groups is 2. The average molecular weight is 265 g/mol. The maximum Gasteiger partial charge on any atom is 0.325 e. The Hall–Kier alpha value is -1.95. The quantitative estimate of drug-likeness (QED) is 0.758. The number of hydrogen-bond donors (Lipinski definition) is 3. The lowest BCUT2D eigenvalue weighted by atomic mass is 9.97. The van der Waals surface area contributed by atoms with Crippen LogP contribution in [0.2, 0.25) is 0 Å². The second-order valence-electron chi connectivity index (χ2n) is 4.47. The second kappa shape index (κ2) is 6.29. The first-order chi connectivity index (χ1) is 9.15. The first-order valence-electron chi connectivity index (χ1n) is 6.23. The zero-order valence-corrected chi connectivity index (χ0v) is 10.4. The van der Waals surface area contributed by atoms with Crippen LogP contribution in [0.5, 0.6) is 0 Å². The SMILES string of the molecule is O=C(NC(=O)C1CCNCC1)Nc1ccc(F)cc1. The molecule has 5 nitrogen and oxygen atoms in total. The van der Waals surface area contributed by atoms with Crippen LogP contribution in [0.25, 0.3) is 0 Å². The van der Waals surface area contributed by atoms with Crippen LogP contribution in [0.3, 0.4) is 0 Å². The number of carbonyl (C=O) groups excluding carboxylic acids is 2. The fraction of sp³-hybridized carbons (Fsp3) is 0.385. The van der Waals surface area contributed by atoms with Crippen molar-refractivity contribution >= 4 is 17.6 Å². The summed E-state index contributed by atoms with van der Waals surface area (Å²) in [7, 11) is 0. The molecule has 1 aliphatic heterocycles. The van der Waals surface area contributed by atoms with Crippen molar-refractivity contribution in [2.45, 2.75) is 12.8 Å². The summed E-state index contributed by atoms with van der Waals surface area (Å²) in [5.74, 6) is -0.766. The summed E-state index contributed by atoms with van der Waals surface area (Å²) in [5.41, 5.74) is 0.442. The predicted octanol–water partition coefficient (Wildman–Crippen LogP) is 1.47. The molecule has 6 heteroatoms. The first kappa shape index (κ1) is 13.5. The Bertz CT molecular complexity index is 455. The van der Waals surface area contributed by atoms with Crippen LogP contribution in [-0.4, -0.2) is 25.0 Å². The van der Waals surface area contributed by atoms with Crippen LogP contribution >= 0.6 is 0 Å². The highest BCUT2D eigenvalue weighted by Gasteiger charge is 2.22. The third kappa shape index (κ3) is 4.03. The molecular weight excluding hydrogens is 249 g/mol. The van der Waals surface area contributed by atoms with Crippen molar-refractivity contribution in [3.8, 4) is 0 Å². The van der Waals surface area contributed by atoms with Gasteiger partial charge in [-0.2, -0.15) is 0 Å². The van der Waals surface area contributed by atoms with E-state index in [1.54, 1.807) is 0 Å². The second-order valence-corrected chi connectivity index (χ2v) is 4.47. The van der Waals surface area contributed by atoms with Gasteiger partial charge in [-0.15, -0.1) is 0 Å². The number of piperidine rings is 1. The van der Waals surface area contributed by atoms with Crippen LogP contribution in [0, 0.1) is 11.7 Å². The summed E-state index contributed by atoms with van der Waals surface area (Å²) < 4.78 is 12.7. The van der Waals surface area contributed by atoms with Gasteiger partial charge in [-0.1, -0.05) is 0 Å². The number of hydrogen-bond acceptors (Lipinski definition) is 3. The van der Waals surface area contributed by atoms with Gasteiger partial charge in [0.2, 0.25) is 5.91 Å². The van der Waals surface area contributed by atoms with Gasteiger partial charge in [0.25, 0.3) is 0 Å². The van der Waals surface area contributed by atoms with Gasteiger partial charge in [-0.3, -0.25) is 10.1 Å². The molecule has 0 bridgehead atoms. The molecule has 0 aliphatic carbocycles. The van der Waals surface area contributed by atoms with E-state index in [1.165, 1.54) is 24.3 Å². The molecule has 1 saturated heterocycles. The fourth-order valence-electron chi connectivity index (χ4n) is 1.99. The van der Waals surface area contributed by atoms with Gasteiger partial charge in [-0.05, 0) is 50.2 Å². The van der Waals surface area contributed by atoms with Gasteiger partial charge in [0, 0.05) is 11.6 Å². The Morgan fingerprint density at radius 2 is 1.79 bits per heavy atom. The Labute approximate surface area is 110 Å². The van der Waals surface area contributed by atoms with E-state index >= 15 is 0 Å². The molecule has 1 fully saturated rings. The van der Waals surface area contributed by atoms with Crippen molar-refractivity contribution < 1.29 is 14.0 Å². The molecule has 3 amide bonds. The van der Waals surface area contributed by atoms with E-state index in [-0.39, 0.29) is 17.6 Å². The summed E-state index contributed by atoms with van der Waals surface area (Å²) in [6.07, 6.45) is 1.46. The smallest absolute Gasteiger partial charge is 0.317 e. The number of anilines is 1. The molecule has 0 atom stereocenters. The van der Waals surface area contributed by atoms with Gasteiger partial charge in [0.05, 0.1) is 0 Å². The highest BCUT2D eigenvalue weighted by Crippen LogP contribution is 2.12. The topological polar surface area (TPSA) is 70.2 Å². The van der Waals surface area contributed by atoms with Crippen LogP contribution in [0.1, 0.15) is 12.8 Å². The average Bonchev–Trinajstić information content (AvgIpc) is 2.42. The van der Waals surface area contributed by atoms with Crippen molar-refractivity contribution in [2.75, 3.05) is 18.4 Å². The van der Waals surface area contributed by atoms with E-state index in [0.717, 1.165) is 25.9 Å². The van der Waals surface area contributed by atoms with E-state index in [9.17, 15) is 14.0 Å². The summed E-state index contributed by atoms with van der Waals surface area (Å²) in [6, 6.07) is 4.76. The van der Waals surface area contributed by atoms with Crippen LogP contribution in [0.15, 0.2) is 24.3 Å².